The number of carbonyl (C=O) groups excluding carboxylic acids is 1. The van der Waals surface area contributed by atoms with Gasteiger partial charge in [-0.1, -0.05) is 12.0 Å². The molecule has 2 rings (SSSR count). The van der Waals surface area contributed by atoms with Gasteiger partial charge in [-0.05, 0) is 18.0 Å². The summed E-state index contributed by atoms with van der Waals surface area (Å²) in [7, 11) is 0. The average molecular weight is 358 g/mol. The normalized spacial score (nSPS) is 24.5. The second kappa shape index (κ2) is 7.45. The van der Waals surface area contributed by atoms with Gasteiger partial charge in [0.05, 0.1) is 6.42 Å². The third kappa shape index (κ3) is 3.86. The Morgan fingerprint density at radius 2 is 2.36 bits per heavy atom. The summed E-state index contributed by atoms with van der Waals surface area (Å²) in [6.45, 7) is 1.37. The highest BCUT2D eigenvalue weighted by Gasteiger charge is 2.61. The van der Waals surface area contributed by atoms with Crippen LogP contribution < -0.4 is 11.4 Å². The Bertz CT molecular complexity index is 748. The number of ether oxygens (including phenoxy) is 2. The Labute approximate surface area is 140 Å². The number of halogens is 2. The van der Waals surface area contributed by atoms with Crippen molar-refractivity contribution in [2.45, 2.75) is 44.1 Å². The molecule has 0 amide bonds. The number of hydrogen-bond donors (Lipinski definition) is 1. The molecule has 10 nitrogen and oxygen atoms in total. The van der Waals surface area contributed by atoms with Crippen LogP contribution in [0.25, 0.3) is 10.4 Å². The van der Waals surface area contributed by atoms with Crippen LogP contribution in [0.15, 0.2) is 22.2 Å². The molecule has 3 atom stereocenters. The lowest BCUT2D eigenvalue weighted by atomic mass is 10.1. The van der Waals surface area contributed by atoms with Crippen molar-refractivity contribution < 1.29 is 23.0 Å². The number of azide groups is 1. The molecule has 2 heterocycles. The maximum absolute atomic E-state index is 14.7. The molecule has 1 aromatic heterocycles. The molecule has 0 spiro atoms. The minimum atomic E-state index is -3.67. The first kappa shape index (κ1) is 18.6. The van der Waals surface area contributed by atoms with E-state index in [4.69, 9.17) is 20.7 Å². The number of carbonyl (C=O) groups is 1. The molecule has 0 aliphatic carbocycles. The topological polar surface area (TPSA) is 145 Å². The largest absolute Gasteiger partial charge is 0.453 e. The van der Waals surface area contributed by atoms with Crippen molar-refractivity contribution in [3.63, 3.8) is 0 Å². The summed E-state index contributed by atoms with van der Waals surface area (Å²) < 4.78 is 40.1. The Hall–Kier alpha value is -2.72. The highest BCUT2D eigenvalue weighted by Crippen LogP contribution is 2.44. The standard InChI is InChI=1S/C13H16F2N6O4/c1-2-7-10(25-9(22)3-5-18-20-17)13(14,15)11(24-7)21-6-4-8(16)19-12(21)23/h4,6-7,10-11H,2-3,5H2,1H3,(H2,16,19,23)/t7-,10+,11-/m1/s1. The smallest absolute Gasteiger partial charge is 0.351 e. The van der Waals surface area contributed by atoms with Gasteiger partial charge in [-0.15, -0.1) is 0 Å². The van der Waals surface area contributed by atoms with Gasteiger partial charge in [0, 0.05) is 17.7 Å². The van der Waals surface area contributed by atoms with Gasteiger partial charge in [-0.25, -0.2) is 4.79 Å². The molecule has 1 fully saturated rings. The van der Waals surface area contributed by atoms with Crippen LogP contribution >= 0.6 is 0 Å². The van der Waals surface area contributed by atoms with E-state index in [0.29, 0.717) is 4.57 Å². The Morgan fingerprint density at radius 1 is 1.64 bits per heavy atom. The molecular formula is C13H16F2N6O4. The van der Waals surface area contributed by atoms with Gasteiger partial charge in [-0.2, -0.15) is 13.8 Å². The highest BCUT2D eigenvalue weighted by molar-refractivity contribution is 5.70. The summed E-state index contributed by atoms with van der Waals surface area (Å²) in [5.41, 5.74) is 12.5. The second-order valence-electron chi connectivity index (χ2n) is 5.27. The first-order valence-electron chi connectivity index (χ1n) is 7.39. The summed E-state index contributed by atoms with van der Waals surface area (Å²) in [5, 5.41) is 3.14. The number of anilines is 1. The van der Waals surface area contributed by atoms with E-state index in [1.165, 1.54) is 6.07 Å². The molecule has 0 bridgehead atoms. The summed E-state index contributed by atoms with van der Waals surface area (Å²) in [6, 6.07) is 1.18. The Morgan fingerprint density at radius 3 is 2.96 bits per heavy atom. The second-order valence-corrected chi connectivity index (χ2v) is 5.27. The van der Waals surface area contributed by atoms with Crippen molar-refractivity contribution in [3.8, 4) is 0 Å². The van der Waals surface area contributed by atoms with Crippen LogP contribution in [0.2, 0.25) is 0 Å². The van der Waals surface area contributed by atoms with Crippen molar-refractivity contribution in [2.75, 3.05) is 12.3 Å². The van der Waals surface area contributed by atoms with E-state index in [1.54, 1.807) is 6.92 Å². The molecule has 1 saturated heterocycles. The number of esters is 1. The predicted octanol–water partition coefficient (Wildman–Crippen LogP) is 1.38. The van der Waals surface area contributed by atoms with E-state index in [0.717, 1.165) is 6.20 Å². The minimum Gasteiger partial charge on any atom is -0.453 e. The molecular weight excluding hydrogens is 342 g/mol. The van der Waals surface area contributed by atoms with Gasteiger partial charge in [0.2, 0.25) is 6.23 Å². The number of hydrogen-bond acceptors (Lipinski definition) is 7. The number of rotatable bonds is 6. The molecule has 1 aliphatic heterocycles. The third-order valence-electron chi connectivity index (χ3n) is 3.59. The number of nitrogen functional groups attached to an aromatic ring is 1. The number of nitrogens with two attached hydrogens (primary N) is 1. The number of alkyl halides is 2. The van der Waals surface area contributed by atoms with E-state index in [9.17, 15) is 18.4 Å². The fourth-order valence-corrected chi connectivity index (χ4v) is 2.42. The molecule has 2 N–H and O–H groups in total. The maximum atomic E-state index is 14.7. The zero-order chi connectivity index (χ0) is 18.6. The third-order valence-corrected chi connectivity index (χ3v) is 3.59. The van der Waals surface area contributed by atoms with Crippen LogP contribution in [0.3, 0.4) is 0 Å². The average Bonchev–Trinajstić information content (AvgIpc) is 2.79. The SMILES string of the molecule is CC[C@H]1O[C@@H](n2ccc(N)nc2=O)C(F)(F)[C@H]1OC(=O)CCN=[N+]=[N-]. The van der Waals surface area contributed by atoms with E-state index in [1.807, 2.05) is 0 Å². The highest BCUT2D eigenvalue weighted by atomic mass is 19.3. The van der Waals surface area contributed by atoms with Crippen LogP contribution in [-0.4, -0.2) is 40.2 Å². The van der Waals surface area contributed by atoms with Gasteiger partial charge in [0.25, 0.3) is 0 Å². The molecule has 136 valence electrons. The van der Waals surface area contributed by atoms with Crippen LogP contribution in [0, 0.1) is 0 Å². The van der Waals surface area contributed by atoms with Gasteiger partial charge in [-0.3, -0.25) is 9.36 Å². The van der Waals surface area contributed by atoms with E-state index in [-0.39, 0.29) is 25.2 Å². The number of nitrogens with zero attached hydrogens (tertiary/aromatic N) is 5. The molecule has 1 aliphatic rings. The van der Waals surface area contributed by atoms with Crippen molar-refractivity contribution in [1.82, 2.24) is 9.55 Å². The zero-order valence-electron chi connectivity index (χ0n) is 13.2. The summed E-state index contributed by atoms with van der Waals surface area (Å²) in [5.74, 6) is -4.74. The van der Waals surface area contributed by atoms with Gasteiger partial charge < -0.3 is 15.2 Å². The first-order chi connectivity index (χ1) is 11.8. The maximum Gasteiger partial charge on any atom is 0.351 e. The molecule has 0 saturated carbocycles. The van der Waals surface area contributed by atoms with E-state index < -0.39 is 36.0 Å². The van der Waals surface area contributed by atoms with Crippen LogP contribution in [0.5, 0.6) is 0 Å². The monoisotopic (exact) mass is 358 g/mol. The van der Waals surface area contributed by atoms with Crippen molar-refractivity contribution >= 4 is 11.8 Å². The fourth-order valence-electron chi connectivity index (χ4n) is 2.42. The number of aromatic nitrogens is 2. The Kier molecular flexibility index (Phi) is 5.55. The van der Waals surface area contributed by atoms with Crippen molar-refractivity contribution in [1.29, 1.82) is 0 Å². The lowest BCUT2D eigenvalue weighted by Crippen LogP contribution is -2.43. The fraction of sp³-hybridized carbons (Fsp3) is 0.615. The molecule has 0 aromatic carbocycles. The molecule has 0 unspecified atom stereocenters. The Balaban J connectivity index is 2.24. The predicted molar refractivity (Wildman–Crippen MR) is 80.6 cm³/mol. The lowest BCUT2D eigenvalue weighted by Gasteiger charge is -2.24. The molecule has 12 heteroatoms. The minimum absolute atomic E-state index is 0.115. The van der Waals surface area contributed by atoms with E-state index >= 15 is 0 Å². The molecule has 1 aromatic rings. The van der Waals surface area contributed by atoms with Crippen molar-refractivity contribution in [3.05, 3.63) is 33.2 Å². The summed E-state index contributed by atoms with van der Waals surface area (Å²) in [4.78, 5) is 29.3. The lowest BCUT2D eigenvalue weighted by molar-refractivity contribution is -0.176. The van der Waals surface area contributed by atoms with Gasteiger partial charge >= 0.3 is 17.6 Å². The van der Waals surface area contributed by atoms with Crippen LogP contribution in [-0.2, 0) is 14.3 Å². The summed E-state index contributed by atoms with van der Waals surface area (Å²) in [6.07, 6.45) is -4.16. The van der Waals surface area contributed by atoms with Crippen LogP contribution in [0.1, 0.15) is 26.0 Å². The summed E-state index contributed by atoms with van der Waals surface area (Å²) >= 11 is 0. The van der Waals surface area contributed by atoms with Crippen LogP contribution in [0.4, 0.5) is 14.6 Å². The van der Waals surface area contributed by atoms with Gasteiger partial charge in [0.15, 0.2) is 6.10 Å². The van der Waals surface area contributed by atoms with Gasteiger partial charge in [0.1, 0.15) is 11.9 Å². The van der Waals surface area contributed by atoms with E-state index in [2.05, 4.69) is 15.0 Å². The zero-order valence-corrected chi connectivity index (χ0v) is 13.2. The molecule has 0 radical (unpaired) electrons. The first-order valence-corrected chi connectivity index (χ1v) is 7.39. The quantitative estimate of drug-likeness (QED) is 0.352. The molecule has 25 heavy (non-hydrogen) atoms. The van der Waals surface area contributed by atoms with Crippen molar-refractivity contribution in [2.24, 2.45) is 5.11 Å².